The molecule has 1 rings (SSSR count). The predicted molar refractivity (Wildman–Crippen MR) is 52.0 cm³/mol. The number of hydrazine groups is 1. The van der Waals surface area contributed by atoms with E-state index >= 15 is 0 Å². The zero-order chi connectivity index (χ0) is 9.90. The molecular formula is C7H13N3O2S. The van der Waals surface area contributed by atoms with Gasteiger partial charge in [-0.2, -0.15) is 0 Å². The molecule has 0 heterocycles. The van der Waals surface area contributed by atoms with E-state index in [1.807, 2.05) is 0 Å². The molecule has 1 fully saturated rings. The Labute approximate surface area is 82.2 Å². The summed E-state index contributed by atoms with van der Waals surface area (Å²) in [5, 5.41) is 3.47. The fraction of sp³-hybridized carbons (Fsp3) is 0.714. The molecule has 0 saturated heterocycles. The predicted octanol–water partition coefficient (Wildman–Crippen LogP) is 0.274. The number of methoxy groups -OCH3 is 1. The molecule has 0 aliphatic heterocycles. The number of rotatable bonds is 1. The first-order chi connectivity index (χ1) is 6.06. The molecule has 3 N–H and O–H groups in total. The summed E-state index contributed by atoms with van der Waals surface area (Å²) in [6.45, 7) is 2.07. The first-order valence-electron chi connectivity index (χ1n) is 3.98. The average molecular weight is 203 g/mol. The van der Waals surface area contributed by atoms with E-state index in [-0.39, 0.29) is 5.54 Å². The summed E-state index contributed by atoms with van der Waals surface area (Å²) < 4.78 is 4.35. The van der Waals surface area contributed by atoms with Crippen LogP contribution in [0.2, 0.25) is 0 Å². The molecule has 0 aromatic heterocycles. The SMILES string of the molecule is COC(=O)NNC(=S)NC1(C)CC1. The van der Waals surface area contributed by atoms with E-state index in [4.69, 9.17) is 12.2 Å². The molecule has 0 radical (unpaired) electrons. The van der Waals surface area contributed by atoms with Crippen LogP contribution >= 0.6 is 12.2 Å². The first kappa shape index (κ1) is 10.0. The Bertz CT molecular complexity index is 228. The van der Waals surface area contributed by atoms with E-state index < -0.39 is 6.09 Å². The molecule has 0 aromatic carbocycles. The Kier molecular flexibility index (Phi) is 2.92. The summed E-state index contributed by atoms with van der Waals surface area (Å²) in [6, 6.07) is 0. The van der Waals surface area contributed by atoms with Gasteiger partial charge in [0.25, 0.3) is 0 Å². The van der Waals surface area contributed by atoms with Crippen molar-refractivity contribution in [3.8, 4) is 0 Å². The summed E-state index contributed by atoms with van der Waals surface area (Å²) in [4.78, 5) is 10.6. The highest BCUT2D eigenvalue weighted by Gasteiger charge is 2.37. The molecular weight excluding hydrogens is 190 g/mol. The topological polar surface area (TPSA) is 62.4 Å². The molecule has 1 aliphatic rings. The molecule has 0 atom stereocenters. The van der Waals surface area contributed by atoms with Gasteiger partial charge >= 0.3 is 6.09 Å². The van der Waals surface area contributed by atoms with Gasteiger partial charge in [0.15, 0.2) is 5.11 Å². The molecule has 0 unspecified atom stereocenters. The highest BCUT2D eigenvalue weighted by atomic mass is 32.1. The van der Waals surface area contributed by atoms with Crippen molar-refractivity contribution in [2.75, 3.05) is 7.11 Å². The average Bonchev–Trinajstić information content (AvgIpc) is 2.79. The van der Waals surface area contributed by atoms with Gasteiger partial charge in [-0.15, -0.1) is 0 Å². The highest BCUT2D eigenvalue weighted by Crippen LogP contribution is 2.33. The van der Waals surface area contributed by atoms with Crippen molar-refractivity contribution in [3.63, 3.8) is 0 Å². The maximum Gasteiger partial charge on any atom is 0.425 e. The smallest absolute Gasteiger partial charge is 0.425 e. The minimum absolute atomic E-state index is 0.113. The first-order valence-corrected chi connectivity index (χ1v) is 4.39. The lowest BCUT2D eigenvalue weighted by Gasteiger charge is -2.15. The van der Waals surface area contributed by atoms with Gasteiger partial charge < -0.3 is 10.1 Å². The molecule has 5 nitrogen and oxygen atoms in total. The molecule has 0 bridgehead atoms. The van der Waals surface area contributed by atoms with E-state index in [1.165, 1.54) is 7.11 Å². The molecule has 0 spiro atoms. The van der Waals surface area contributed by atoms with Crippen molar-refractivity contribution in [3.05, 3.63) is 0 Å². The second-order valence-corrected chi connectivity index (χ2v) is 3.66. The van der Waals surface area contributed by atoms with Gasteiger partial charge in [0.1, 0.15) is 0 Å². The van der Waals surface area contributed by atoms with Crippen LogP contribution in [-0.2, 0) is 4.74 Å². The molecule has 13 heavy (non-hydrogen) atoms. The van der Waals surface area contributed by atoms with Crippen molar-refractivity contribution in [2.45, 2.75) is 25.3 Å². The van der Waals surface area contributed by atoms with E-state index in [9.17, 15) is 4.79 Å². The third-order valence-electron chi connectivity index (χ3n) is 1.88. The molecule has 6 heteroatoms. The largest absolute Gasteiger partial charge is 0.452 e. The van der Waals surface area contributed by atoms with Gasteiger partial charge in [0.05, 0.1) is 7.11 Å². The number of thiocarbonyl (C=S) groups is 1. The van der Waals surface area contributed by atoms with Gasteiger partial charge in [0, 0.05) is 5.54 Å². The van der Waals surface area contributed by atoms with E-state index in [0.717, 1.165) is 12.8 Å². The normalized spacial score (nSPS) is 17.1. The minimum Gasteiger partial charge on any atom is -0.452 e. The summed E-state index contributed by atoms with van der Waals surface area (Å²) in [7, 11) is 1.29. The Hall–Kier alpha value is -1.04. The lowest BCUT2D eigenvalue weighted by atomic mass is 10.3. The van der Waals surface area contributed by atoms with Gasteiger partial charge in [-0.05, 0) is 32.0 Å². The number of ether oxygens (including phenoxy) is 1. The highest BCUT2D eigenvalue weighted by molar-refractivity contribution is 7.80. The van der Waals surface area contributed by atoms with Crippen molar-refractivity contribution in [2.24, 2.45) is 0 Å². The van der Waals surface area contributed by atoms with Crippen molar-refractivity contribution in [1.29, 1.82) is 0 Å². The third-order valence-corrected chi connectivity index (χ3v) is 2.08. The minimum atomic E-state index is -0.565. The number of hydrogen-bond acceptors (Lipinski definition) is 3. The zero-order valence-electron chi connectivity index (χ0n) is 7.64. The van der Waals surface area contributed by atoms with Crippen LogP contribution in [-0.4, -0.2) is 23.9 Å². The second-order valence-electron chi connectivity index (χ2n) is 3.26. The number of amides is 1. The quantitative estimate of drug-likeness (QED) is 0.422. The van der Waals surface area contributed by atoms with Crippen molar-refractivity contribution >= 4 is 23.4 Å². The summed E-state index contributed by atoms with van der Waals surface area (Å²) >= 11 is 4.92. The van der Waals surface area contributed by atoms with Crippen LogP contribution in [0.4, 0.5) is 4.79 Å². The summed E-state index contributed by atoms with van der Waals surface area (Å²) in [5.41, 5.74) is 4.91. The van der Waals surface area contributed by atoms with Gasteiger partial charge in [-0.25, -0.2) is 10.2 Å². The van der Waals surface area contributed by atoms with Crippen LogP contribution in [0.5, 0.6) is 0 Å². The number of carbonyl (C=O) groups is 1. The third kappa shape index (κ3) is 3.45. The maximum absolute atomic E-state index is 10.6. The van der Waals surface area contributed by atoms with E-state index in [0.29, 0.717) is 5.11 Å². The molecule has 1 saturated carbocycles. The van der Waals surface area contributed by atoms with Crippen molar-refractivity contribution in [1.82, 2.24) is 16.2 Å². The maximum atomic E-state index is 10.6. The molecule has 1 aliphatic carbocycles. The number of carbonyl (C=O) groups excluding carboxylic acids is 1. The Morgan fingerprint density at radius 1 is 1.46 bits per heavy atom. The molecule has 0 aromatic rings. The van der Waals surface area contributed by atoms with Crippen LogP contribution < -0.4 is 16.2 Å². The van der Waals surface area contributed by atoms with Crippen LogP contribution in [0.25, 0.3) is 0 Å². The van der Waals surface area contributed by atoms with Crippen molar-refractivity contribution < 1.29 is 9.53 Å². The van der Waals surface area contributed by atoms with Gasteiger partial charge in [0.2, 0.25) is 0 Å². The summed E-state index contributed by atoms with van der Waals surface area (Å²) in [6.07, 6.45) is 1.64. The van der Waals surface area contributed by atoms with Gasteiger partial charge in [-0.3, -0.25) is 5.43 Å². The fourth-order valence-corrected chi connectivity index (χ4v) is 1.07. The standard InChI is InChI=1S/C7H13N3O2S/c1-7(3-4-7)8-5(13)9-10-6(11)12-2/h3-4H2,1-2H3,(H,10,11)(H2,8,9,13). The number of hydrogen-bond donors (Lipinski definition) is 3. The summed E-state index contributed by atoms with van der Waals surface area (Å²) in [5.74, 6) is 0. The Balaban J connectivity index is 2.14. The Morgan fingerprint density at radius 3 is 2.54 bits per heavy atom. The van der Waals surface area contributed by atoms with Crippen LogP contribution in [0, 0.1) is 0 Å². The lowest BCUT2D eigenvalue weighted by molar-refractivity contribution is 0.168. The fourth-order valence-electron chi connectivity index (χ4n) is 0.777. The zero-order valence-corrected chi connectivity index (χ0v) is 8.46. The van der Waals surface area contributed by atoms with Crippen LogP contribution in [0.3, 0.4) is 0 Å². The number of nitrogens with one attached hydrogen (secondary N) is 3. The molecule has 1 amide bonds. The van der Waals surface area contributed by atoms with E-state index in [1.54, 1.807) is 0 Å². The van der Waals surface area contributed by atoms with Gasteiger partial charge in [-0.1, -0.05) is 0 Å². The van der Waals surface area contributed by atoms with Crippen LogP contribution in [0.15, 0.2) is 0 Å². The monoisotopic (exact) mass is 203 g/mol. The Morgan fingerprint density at radius 2 is 2.08 bits per heavy atom. The lowest BCUT2D eigenvalue weighted by Crippen LogP contribution is -2.49. The molecule has 74 valence electrons. The second kappa shape index (κ2) is 3.78. The van der Waals surface area contributed by atoms with E-state index in [2.05, 4.69) is 27.8 Å². The van der Waals surface area contributed by atoms with Crippen LogP contribution in [0.1, 0.15) is 19.8 Å².